The molecular weight excluding hydrogens is 458 g/mol. The average Bonchev–Trinajstić information content (AvgIpc) is 3.49. The minimum atomic E-state index is -0.221. The monoisotopic (exact) mass is 485 g/mol. The minimum Gasteiger partial charge on any atom is -0.338 e. The van der Waals surface area contributed by atoms with Gasteiger partial charge in [0.1, 0.15) is 0 Å². The van der Waals surface area contributed by atoms with Crippen molar-refractivity contribution in [2.24, 2.45) is 0 Å². The first-order chi connectivity index (χ1) is 17.1. The molecule has 7 heteroatoms. The van der Waals surface area contributed by atoms with Crippen LogP contribution in [0, 0.1) is 0 Å². The van der Waals surface area contributed by atoms with Crippen LogP contribution < -0.4 is 10.2 Å². The van der Waals surface area contributed by atoms with Crippen LogP contribution in [0.1, 0.15) is 34.3 Å². The Morgan fingerprint density at radius 2 is 1.74 bits per heavy atom. The molecule has 35 heavy (non-hydrogen) atoms. The summed E-state index contributed by atoms with van der Waals surface area (Å²) >= 11 is 1.38. The molecule has 3 aromatic rings. The summed E-state index contributed by atoms with van der Waals surface area (Å²) in [4.78, 5) is 42.5. The van der Waals surface area contributed by atoms with E-state index in [1.54, 1.807) is 6.07 Å². The van der Waals surface area contributed by atoms with Crippen LogP contribution >= 0.6 is 11.8 Å². The minimum absolute atomic E-state index is 0.0410. The molecule has 0 aromatic heterocycles. The van der Waals surface area contributed by atoms with Crippen molar-refractivity contribution in [3.8, 4) is 0 Å². The quantitative estimate of drug-likeness (QED) is 0.491. The summed E-state index contributed by atoms with van der Waals surface area (Å²) in [5, 5.41) is 2.98. The molecular formula is C28H27N3O3S. The van der Waals surface area contributed by atoms with Crippen molar-refractivity contribution in [1.82, 2.24) is 4.90 Å². The van der Waals surface area contributed by atoms with Gasteiger partial charge in [-0.2, -0.15) is 0 Å². The number of carbonyl (C=O) groups excluding carboxylic acids is 3. The molecule has 6 nitrogen and oxygen atoms in total. The van der Waals surface area contributed by atoms with E-state index >= 15 is 0 Å². The van der Waals surface area contributed by atoms with E-state index < -0.39 is 0 Å². The van der Waals surface area contributed by atoms with E-state index in [1.165, 1.54) is 17.3 Å². The summed E-state index contributed by atoms with van der Waals surface area (Å²) in [6.45, 7) is 2.03. The lowest BCUT2D eigenvalue weighted by atomic mass is 10.1. The molecule has 1 fully saturated rings. The zero-order valence-corrected chi connectivity index (χ0v) is 20.2. The molecule has 0 spiro atoms. The fraction of sp³-hybridized carbons (Fsp3) is 0.250. The Kier molecular flexibility index (Phi) is 6.86. The van der Waals surface area contributed by atoms with Gasteiger partial charge in [0.25, 0.3) is 5.91 Å². The standard InChI is InChI=1S/C28H27N3O3S/c32-26-13-6-15-30(26)18-20-7-5-9-22(17-20)29-28(34)23-10-2-4-12-25(23)35-19-27(33)31-16-14-21-8-1-3-11-24(21)31/h1-5,7-12,17H,6,13-16,18-19H2,(H,29,34). The van der Waals surface area contributed by atoms with E-state index in [0.717, 1.165) is 35.5 Å². The number of thioether (sulfide) groups is 1. The highest BCUT2D eigenvalue weighted by Crippen LogP contribution is 2.30. The lowest BCUT2D eigenvalue weighted by Gasteiger charge is -2.18. The number of para-hydroxylation sites is 1. The highest BCUT2D eigenvalue weighted by Gasteiger charge is 2.24. The van der Waals surface area contributed by atoms with E-state index in [2.05, 4.69) is 11.4 Å². The zero-order chi connectivity index (χ0) is 24.2. The Hall–Kier alpha value is -3.58. The molecule has 1 saturated heterocycles. The van der Waals surface area contributed by atoms with E-state index in [1.807, 2.05) is 70.5 Å². The van der Waals surface area contributed by atoms with E-state index in [9.17, 15) is 14.4 Å². The van der Waals surface area contributed by atoms with Crippen molar-refractivity contribution >= 4 is 40.9 Å². The Bertz CT molecular complexity index is 1280. The Morgan fingerprint density at radius 1 is 0.914 bits per heavy atom. The van der Waals surface area contributed by atoms with Crippen molar-refractivity contribution in [1.29, 1.82) is 0 Å². The number of carbonyl (C=O) groups is 3. The Labute approximate surface area is 209 Å². The fourth-order valence-corrected chi connectivity index (χ4v) is 5.56. The second kappa shape index (κ2) is 10.4. The second-order valence-corrected chi connectivity index (χ2v) is 9.80. The largest absolute Gasteiger partial charge is 0.338 e. The number of likely N-dealkylation sites (tertiary alicyclic amines) is 1. The smallest absolute Gasteiger partial charge is 0.256 e. The van der Waals surface area contributed by atoms with Crippen LogP contribution in [0.5, 0.6) is 0 Å². The number of nitrogens with one attached hydrogen (secondary N) is 1. The lowest BCUT2D eigenvalue weighted by molar-refractivity contribution is -0.128. The Balaban J connectivity index is 1.24. The van der Waals surface area contributed by atoms with Crippen molar-refractivity contribution in [3.05, 3.63) is 89.5 Å². The molecule has 2 aliphatic rings. The molecule has 0 unspecified atom stereocenters. The highest BCUT2D eigenvalue weighted by atomic mass is 32.2. The molecule has 3 aromatic carbocycles. The maximum Gasteiger partial charge on any atom is 0.256 e. The van der Waals surface area contributed by atoms with Gasteiger partial charge in [0.05, 0.1) is 11.3 Å². The molecule has 0 saturated carbocycles. The van der Waals surface area contributed by atoms with Crippen molar-refractivity contribution in [2.45, 2.75) is 30.7 Å². The number of rotatable bonds is 7. The van der Waals surface area contributed by atoms with Crippen LogP contribution in [0.3, 0.4) is 0 Å². The molecule has 0 bridgehead atoms. The van der Waals surface area contributed by atoms with Crippen LogP contribution in [-0.4, -0.2) is 41.5 Å². The third kappa shape index (κ3) is 5.25. The van der Waals surface area contributed by atoms with Gasteiger partial charge in [-0.15, -0.1) is 11.8 Å². The van der Waals surface area contributed by atoms with Crippen LogP contribution in [0.15, 0.2) is 77.7 Å². The summed E-state index contributed by atoms with van der Waals surface area (Å²) in [6, 6.07) is 23.0. The van der Waals surface area contributed by atoms with Gasteiger partial charge in [0.15, 0.2) is 0 Å². The maximum atomic E-state index is 13.1. The summed E-state index contributed by atoms with van der Waals surface area (Å²) in [7, 11) is 0. The summed E-state index contributed by atoms with van der Waals surface area (Å²) in [5.74, 6) is 0.260. The average molecular weight is 486 g/mol. The van der Waals surface area contributed by atoms with Gasteiger partial charge < -0.3 is 15.1 Å². The predicted molar refractivity (Wildman–Crippen MR) is 139 cm³/mol. The molecule has 0 aliphatic carbocycles. The second-order valence-electron chi connectivity index (χ2n) is 8.78. The zero-order valence-electron chi connectivity index (χ0n) is 19.4. The molecule has 3 amide bonds. The topological polar surface area (TPSA) is 69.7 Å². The van der Waals surface area contributed by atoms with Gasteiger partial charge in [0, 0.05) is 42.3 Å². The van der Waals surface area contributed by atoms with Crippen molar-refractivity contribution in [2.75, 3.05) is 29.1 Å². The van der Waals surface area contributed by atoms with E-state index in [-0.39, 0.29) is 23.5 Å². The van der Waals surface area contributed by atoms with Gasteiger partial charge in [-0.25, -0.2) is 0 Å². The van der Waals surface area contributed by atoms with Crippen molar-refractivity contribution < 1.29 is 14.4 Å². The number of anilines is 2. The number of hydrogen-bond acceptors (Lipinski definition) is 4. The van der Waals surface area contributed by atoms with Gasteiger partial charge in [-0.1, -0.05) is 42.5 Å². The van der Waals surface area contributed by atoms with E-state index in [4.69, 9.17) is 0 Å². The molecule has 1 N–H and O–H groups in total. The Morgan fingerprint density at radius 3 is 2.60 bits per heavy atom. The van der Waals surface area contributed by atoms with Gasteiger partial charge in [-0.3, -0.25) is 14.4 Å². The first kappa shape index (κ1) is 23.2. The molecule has 2 heterocycles. The number of fused-ring (bicyclic) bond motifs is 1. The first-order valence-electron chi connectivity index (χ1n) is 11.9. The van der Waals surface area contributed by atoms with E-state index in [0.29, 0.717) is 30.8 Å². The normalized spacial score (nSPS) is 14.8. The SMILES string of the molecule is O=C(Nc1cccc(CN2CCCC2=O)c1)c1ccccc1SCC(=O)N1CCc2ccccc21. The predicted octanol–water partition coefficient (Wildman–Crippen LogP) is 4.74. The fourth-order valence-electron chi connectivity index (χ4n) is 4.63. The summed E-state index contributed by atoms with van der Waals surface area (Å²) < 4.78 is 0. The molecule has 178 valence electrons. The highest BCUT2D eigenvalue weighted by molar-refractivity contribution is 8.00. The molecule has 2 aliphatic heterocycles. The number of nitrogens with zero attached hydrogens (tertiary/aromatic N) is 2. The third-order valence-electron chi connectivity index (χ3n) is 6.40. The summed E-state index contributed by atoms with van der Waals surface area (Å²) in [6.07, 6.45) is 2.38. The summed E-state index contributed by atoms with van der Waals surface area (Å²) in [5.41, 5.74) is 4.38. The first-order valence-corrected chi connectivity index (χ1v) is 12.9. The molecule has 5 rings (SSSR count). The van der Waals surface area contributed by atoms with Gasteiger partial charge >= 0.3 is 0 Å². The van der Waals surface area contributed by atoms with Gasteiger partial charge in [-0.05, 0) is 54.3 Å². The van der Waals surface area contributed by atoms with Crippen molar-refractivity contribution in [3.63, 3.8) is 0 Å². The number of benzene rings is 3. The lowest BCUT2D eigenvalue weighted by Crippen LogP contribution is -2.30. The number of amides is 3. The molecule has 0 atom stereocenters. The maximum absolute atomic E-state index is 13.1. The van der Waals surface area contributed by atoms with Gasteiger partial charge in [0.2, 0.25) is 11.8 Å². The molecule has 0 radical (unpaired) electrons. The van der Waals surface area contributed by atoms with Crippen LogP contribution in [0.2, 0.25) is 0 Å². The number of hydrogen-bond donors (Lipinski definition) is 1. The van der Waals surface area contributed by atoms with Crippen LogP contribution in [-0.2, 0) is 22.6 Å². The third-order valence-corrected chi connectivity index (χ3v) is 7.46. The van der Waals surface area contributed by atoms with Crippen LogP contribution in [0.4, 0.5) is 11.4 Å². The van der Waals surface area contributed by atoms with Crippen LogP contribution in [0.25, 0.3) is 0 Å².